The topological polar surface area (TPSA) is 42.1 Å². The van der Waals surface area contributed by atoms with E-state index in [1.54, 1.807) is 0 Å². The lowest BCUT2D eigenvalue weighted by molar-refractivity contribution is 0.224. The Morgan fingerprint density at radius 2 is 1.93 bits per heavy atom. The number of nitrogens with two attached hydrogens (primary N) is 1. The SMILES string of the molecule is CN(C)CC(C)(CN)Cc1ccncc1. The summed E-state index contributed by atoms with van der Waals surface area (Å²) in [5.74, 6) is 0. The highest BCUT2D eigenvalue weighted by Crippen LogP contribution is 2.21. The standard InChI is InChI=1S/C12H21N3/c1-12(9-13,10-15(2)3)8-11-4-6-14-7-5-11/h4-7H,8-10,13H2,1-3H3. The maximum atomic E-state index is 5.86. The quantitative estimate of drug-likeness (QED) is 0.787. The van der Waals surface area contributed by atoms with Gasteiger partial charge in [0.1, 0.15) is 0 Å². The molecular weight excluding hydrogens is 186 g/mol. The molecule has 0 fully saturated rings. The van der Waals surface area contributed by atoms with E-state index >= 15 is 0 Å². The first-order valence-corrected chi connectivity index (χ1v) is 5.29. The molecule has 2 N–H and O–H groups in total. The number of rotatable bonds is 5. The van der Waals surface area contributed by atoms with Gasteiger partial charge in [-0.1, -0.05) is 6.92 Å². The van der Waals surface area contributed by atoms with Crippen LogP contribution in [0.1, 0.15) is 12.5 Å². The average molecular weight is 207 g/mol. The van der Waals surface area contributed by atoms with E-state index in [1.165, 1.54) is 5.56 Å². The summed E-state index contributed by atoms with van der Waals surface area (Å²) in [7, 11) is 4.17. The maximum absolute atomic E-state index is 5.86. The molecule has 0 bridgehead atoms. The van der Waals surface area contributed by atoms with Crippen LogP contribution < -0.4 is 5.73 Å². The van der Waals surface area contributed by atoms with E-state index in [4.69, 9.17) is 5.73 Å². The molecule has 0 aromatic carbocycles. The van der Waals surface area contributed by atoms with Gasteiger partial charge in [-0.2, -0.15) is 0 Å². The predicted molar refractivity (Wildman–Crippen MR) is 63.7 cm³/mol. The Labute approximate surface area is 92.3 Å². The van der Waals surface area contributed by atoms with Crippen LogP contribution in [0.15, 0.2) is 24.5 Å². The minimum Gasteiger partial charge on any atom is -0.330 e. The molecule has 0 amide bonds. The molecule has 1 aromatic heterocycles. The van der Waals surface area contributed by atoms with Gasteiger partial charge in [-0.15, -0.1) is 0 Å². The molecule has 1 unspecified atom stereocenters. The second-order valence-electron chi connectivity index (χ2n) is 4.78. The van der Waals surface area contributed by atoms with E-state index in [-0.39, 0.29) is 5.41 Å². The Morgan fingerprint density at radius 3 is 2.40 bits per heavy atom. The fourth-order valence-electron chi connectivity index (χ4n) is 1.95. The highest BCUT2D eigenvalue weighted by molar-refractivity contribution is 5.12. The van der Waals surface area contributed by atoms with E-state index in [2.05, 4.69) is 43.0 Å². The average Bonchev–Trinajstić information content (AvgIpc) is 2.18. The monoisotopic (exact) mass is 207 g/mol. The molecule has 1 heterocycles. The van der Waals surface area contributed by atoms with Crippen LogP contribution in [-0.4, -0.2) is 37.1 Å². The molecular formula is C12H21N3. The maximum Gasteiger partial charge on any atom is 0.0270 e. The molecule has 3 heteroatoms. The van der Waals surface area contributed by atoms with Crippen molar-refractivity contribution in [3.8, 4) is 0 Å². The van der Waals surface area contributed by atoms with E-state index in [1.807, 2.05) is 12.4 Å². The van der Waals surface area contributed by atoms with Crippen molar-refractivity contribution in [2.24, 2.45) is 11.1 Å². The number of nitrogens with zero attached hydrogens (tertiary/aromatic N) is 2. The Kier molecular flexibility index (Phi) is 4.24. The zero-order chi connectivity index (χ0) is 11.3. The van der Waals surface area contributed by atoms with Crippen molar-refractivity contribution in [2.45, 2.75) is 13.3 Å². The Hall–Kier alpha value is -0.930. The first-order chi connectivity index (χ1) is 7.06. The molecule has 0 spiro atoms. The predicted octanol–water partition coefficient (Wildman–Crippen LogP) is 1.15. The van der Waals surface area contributed by atoms with Gasteiger partial charge in [0.05, 0.1) is 0 Å². The van der Waals surface area contributed by atoms with Crippen LogP contribution in [0.25, 0.3) is 0 Å². The summed E-state index contributed by atoms with van der Waals surface area (Å²) in [4.78, 5) is 6.21. The van der Waals surface area contributed by atoms with Crippen molar-refractivity contribution < 1.29 is 0 Å². The summed E-state index contributed by atoms with van der Waals surface area (Å²) in [6, 6.07) is 4.12. The van der Waals surface area contributed by atoms with E-state index < -0.39 is 0 Å². The van der Waals surface area contributed by atoms with Crippen LogP contribution in [-0.2, 0) is 6.42 Å². The second kappa shape index (κ2) is 5.24. The van der Waals surface area contributed by atoms with Gasteiger partial charge in [-0.3, -0.25) is 4.98 Å². The van der Waals surface area contributed by atoms with Gasteiger partial charge in [0.2, 0.25) is 0 Å². The Balaban J connectivity index is 2.68. The molecule has 1 aromatic rings. The molecule has 1 atom stereocenters. The molecule has 0 aliphatic heterocycles. The lowest BCUT2D eigenvalue weighted by Gasteiger charge is -2.31. The van der Waals surface area contributed by atoms with Crippen molar-refractivity contribution in [3.63, 3.8) is 0 Å². The third-order valence-corrected chi connectivity index (χ3v) is 2.57. The Bertz CT molecular complexity index is 284. The minimum atomic E-state index is 0.144. The van der Waals surface area contributed by atoms with Crippen LogP contribution >= 0.6 is 0 Å². The summed E-state index contributed by atoms with van der Waals surface area (Å²) in [5.41, 5.74) is 7.31. The summed E-state index contributed by atoms with van der Waals surface area (Å²) in [6.45, 7) is 3.94. The van der Waals surface area contributed by atoms with Gasteiger partial charge in [0.25, 0.3) is 0 Å². The van der Waals surface area contributed by atoms with Gasteiger partial charge in [0, 0.05) is 18.9 Å². The molecule has 0 aliphatic rings. The van der Waals surface area contributed by atoms with E-state index in [0.717, 1.165) is 13.0 Å². The summed E-state index contributed by atoms with van der Waals surface area (Å²) in [5, 5.41) is 0. The van der Waals surface area contributed by atoms with Crippen LogP contribution in [0, 0.1) is 5.41 Å². The number of aromatic nitrogens is 1. The first-order valence-electron chi connectivity index (χ1n) is 5.29. The van der Waals surface area contributed by atoms with Crippen molar-refractivity contribution in [1.82, 2.24) is 9.88 Å². The highest BCUT2D eigenvalue weighted by atomic mass is 15.1. The highest BCUT2D eigenvalue weighted by Gasteiger charge is 2.23. The third kappa shape index (κ3) is 3.98. The third-order valence-electron chi connectivity index (χ3n) is 2.57. The first kappa shape index (κ1) is 12.1. The number of hydrogen-bond acceptors (Lipinski definition) is 3. The fraction of sp³-hybridized carbons (Fsp3) is 0.583. The van der Waals surface area contributed by atoms with Gasteiger partial charge in [0.15, 0.2) is 0 Å². The van der Waals surface area contributed by atoms with Gasteiger partial charge < -0.3 is 10.6 Å². The molecule has 84 valence electrons. The zero-order valence-electron chi connectivity index (χ0n) is 9.90. The van der Waals surface area contributed by atoms with Gasteiger partial charge in [-0.05, 0) is 50.2 Å². The molecule has 0 aliphatic carbocycles. The summed E-state index contributed by atoms with van der Waals surface area (Å²) >= 11 is 0. The largest absolute Gasteiger partial charge is 0.330 e. The van der Waals surface area contributed by atoms with Crippen molar-refractivity contribution in [1.29, 1.82) is 0 Å². The second-order valence-corrected chi connectivity index (χ2v) is 4.78. The van der Waals surface area contributed by atoms with E-state index in [9.17, 15) is 0 Å². The van der Waals surface area contributed by atoms with Crippen molar-refractivity contribution >= 4 is 0 Å². The van der Waals surface area contributed by atoms with Crippen LogP contribution in [0.5, 0.6) is 0 Å². The summed E-state index contributed by atoms with van der Waals surface area (Å²) in [6.07, 6.45) is 4.67. The van der Waals surface area contributed by atoms with Crippen LogP contribution in [0.3, 0.4) is 0 Å². The van der Waals surface area contributed by atoms with Gasteiger partial charge in [-0.25, -0.2) is 0 Å². The molecule has 3 nitrogen and oxygen atoms in total. The molecule has 15 heavy (non-hydrogen) atoms. The van der Waals surface area contributed by atoms with Crippen molar-refractivity contribution in [2.75, 3.05) is 27.2 Å². The lowest BCUT2D eigenvalue weighted by atomic mass is 9.83. The normalized spacial score (nSPS) is 15.3. The molecule has 1 rings (SSSR count). The fourth-order valence-corrected chi connectivity index (χ4v) is 1.95. The zero-order valence-corrected chi connectivity index (χ0v) is 9.90. The molecule has 0 saturated heterocycles. The Morgan fingerprint density at radius 1 is 1.33 bits per heavy atom. The van der Waals surface area contributed by atoms with Crippen LogP contribution in [0.4, 0.5) is 0 Å². The number of pyridine rings is 1. The van der Waals surface area contributed by atoms with Gasteiger partial charge >= 0.3 is 0 Å². The molecule has 0 saturated carbocycles. The van der Waals surface area contributed by atoms with Crippen molar-refractivity contribution in [3.05, 3.63) is 30.1 Å². The smallest absolute Gasteiger partial charge is 0.0270 e. The van der Waals surface area contributed by atoms with E-state index in [0.29, 0.717) is 6.54 Å². The lowest BCUT2D eigenvalue weighted by Crippen LogP contribution is -2.39. The van der Waals surface area contributed by atoms with Crippen LogP contribution in [0.2, 0.25) is 0 Å². The molecule has 0 radical (unpaired) electrons. The summed E-state index contributed by atoms with van der Waals surface area (Å²) < 4.78 is 0. The minimum absolute atomic E-state index is 0.144. The number of hydrogen-bond donors (Lipinski definition) is 1.